The molecule has 1 aromatic carbocycles. The Morgan fingerprint density at radius 3 is 2.80 bits per heavy atom. The lowest BCUT2D eigenvalue weighted by atomic mass is 10.3. The summed E-state index contributed by atoms with van der Waals surface area (Å²) in [6.45, 7) is 2.20. The Morgan fingerprint density at radius 1 is 1.23 bits per heavy atom. The molecule has 0 amide bonds. The van der Waals surface area contributed by atoms with Crippen LogP contribution in [0.3, 0.4) is 0 Å². The van der Waals surface area contributed by atoms with Crippen LogP contribution in [-0.4, -0.2) is 26.8 Å². The van der Waals surface area contributed by atoms with E-state index in [0.29, 0.717) is 32.5 Å². The molecule has 0 aliphatic rings. The minimum absolute atomic E-state index is 0.152. The van der Waals surface area contributed by atoms with Crippen LogP contribution in [0, 0.1) is 0 Å². The minimum atomic E-state index is -2.79. The van der Waals surface area contributed by atoms with Crippen LogP contribution in [0.15, 0.2) is 45.0 Å². The van der Waals surface area contributed by atoms with Gasteiger partial charge >= 0.3 is 0 Å². The lowest BCUT2D eigenvalue weighted by molar-refractivity contribution is 0.135. The number of alkyl halides is 2. The predicted octanol–water partition coefficient (Wildman–Crippen LogP) is 6.47. The highest BCUT2D eigenvalue weighted by molar-refractivity contribution is 7.99. The molecular formula is C19H18Cl2F2N4O2S. The monoisotopic (exact) mass is 474 g/mol. The topological polar surface area (TPSA) is 65.4 Å². The van der Waals surface area contributed by atoms with E-state index < -0.39 is 12.2 Å². The third kappa shape index (κ3) is 5.96. The molecule has 0 spiro atoms. The van der Waals surface area contributed by atoms with E-state index in [9.17, 15) is 8.78 Å². The zero-order valence-electron chi connectivity index (χ0n) is 15.9. The number of thioether (sulfide) groups is 1. The predicted molar refractivity (Wildman–Crippen MR) is 113 cm³/mol. The van der Waals surface area contributed by atoms with Crippen LogP contribution < -0.4 is 4.74 Å². The zero-order valence-corrected chi connectivity index (χ0v) is 18.2. The third-order valence-corrected chi connectivity index (χ3v) is 5.56. The number of aromatic nitrogens is 3. The van der Waals surface area contributed by atoms with Gasteiger partial charge in [-0.05, 0) is 30.7 Å². The van der Waals surface area contributed by atoms with Gasteiger partial charge < -0.3 is 9.15 Å². The minimum Gasteiger partial charge on any atom is -0.486 e. The number of ether oxygens (including phenoxy) is 1. The number of hydrogen-bond acceptors (Lipinski definition) is 6. The van der Waals surface area contributed by atoms with E-state index >= 15 is 0 Å². The second-order valence-electron chi connectivity index (χ2n) is 6.07. The van der Waals surface area contributed by atoms with Gasteiger partial charge in [-0.15, -0.1) is 10.2 Å². The molecule has 0 aliphatic heterocycles. The molecule has 0 atom stereocenters. The van der Waals surface area contributed by atoms with Gasteiger partial charge in [0.05, 0.1) is 16.3 Å². The summed E-state index contributed by atoms with van der Waals surface area (Å²) in [6.07, 6.45) is 0.473. The molecule has 11 heteroatoms. The fraction of sp³-hybridized carbons (Fsp3) is 0.316. The van der Waals surface area contributed by atoms with Crippen LogP contribution in [0.5, 0.6) is 5.75 Å². The van der Waals surface area contributed by atoms with Crippen molar-refractivity contribution < 1.29 is 17.9 Å². The maximum Gasteiger partial charge on any atom is 0.299 e. The third-order valence-electron chi connectivity index (χ3n) is 3.82. The molecule has 30 heavy (non-hydrogen) atoms. The molecule has 0 saturated carbocycles. The molecule has 2 heterocycles. The molecule has 2 aromatic heterocycles. The summed E-state index contributed by atoms with van der Waals surface area (Å²) in [6, 6.07) is 8.29. The standard InChI is InChI=1S/C19H18Cl2F2N4O2S/c1-2-3-8-30-19-26-25-18(17(22)23)27(19)24-10-13-4-5-14(29-13)11-28-12-6-7-15(20)16(21)9-12/h4-7,9-10,17H,2-3,8,11H2,1H3/b24-10-. The normalized spacial score (nSPS) is 11.7. The van der Waals surface area contributed by atoms with Gasteiger partial charge in [-0.1, -0.05) is 48.3 Å². The maximum atomic E-state index is 13.2. The van der Waals surface area contributed by atoms with Crippen molar-refractivity contribution in [2.75, 3.05) is 5.75 Å². The summed E-state index contributed by atoms with van der Waals surface area (Å²) in [5, 5.41) is 12.6. The molecule has 3 rings (SSSR count). The summed E-state index contributed by atoms with van der Waals surface area (Å²) < 4.78 is 38.7. The van der Waals surface area contributed by atoms with Gasteiger partial charge in [0.1, 0.15) is 23.9 Å². The number of benzene rings is 1. The van der Waals surface area contributed by atoms with Crippen molar-refractivity contribution in [1.29, 1.82) is 0 Å². The van der Waals surface area contributed by atoms with E-state index in [0.717, 1.165) is 23.3 Å². The molecule has 0 unspecified atom stereocenters. The van der Waals surface area contributed by atoms with Crippen molar-refractivity contribution in [2.24, 2.45) is 5.10 Å². The molecule has 160 valence electrons. The van der Waals surface area contributed by atoms with Crippen LogP contribution in [0.2, 0.25) is 10.0 Å². The molecule has 0 bridgehead atoms. The highest BCUT2D eigenvalue weighted by Gasteiger charge is 2.20. The Bertz CT molecular complexity index is 1010. The van der Waals surface area contributed by atoms with Gasteiger partial charge in [-0.3, -0.25) is 0 Å². The summed E-state index contributed by atoms with van der Waals surface area (Å²) >= 11 is 13.2. The van der Waals surface area contributed by atoms with Gasteiger partial charge in [-0.25, -0.2) is 8.78 Å². The second-order valence-corrected chi connectivity index (χ2v) is 7.94. The van der Waals surface area contributed by atoms with E-state index in [1.165, 1.54) is 18.0 Å². The number of furan rings is 1. The second kappa shape index (κ2) is 10.8. The van der Waals surface area contributed by atoms with Crippen molar-refractivity contribution in [2.45, 2.75) is 38.0 Å². The molecular weight excluding hydrogens is 457 g/mol. The average molecular weight is 475 g/mol. The Hall–Kier alpha value is -2.10. The fourth-order valence-corrected chi connectivity index (χ4v) is 3.56. The molecule has 0 saturated heterocycles. The molecule has 0 N–H and O–H groups in total. The van der Waals surface area contributed by atoms with Gasteiger partial charge in [0, 0.05) is 11.8 Å². The Kier molecular flexibility index (Phi) is 8.12. The number of rotatable bonds is 10. The molecule has 6 nitrogen and oxygen atoms in total. The van der Waals surface area contributed by atoms with E-state index in [2.05, 4.69) is 15.3 Å². The highest BCUT2D eigenvalue weighted by Crippen LogP contribution is 2.27. The van der Waals surface area contributed by atoms with Crippen molar-refractivity contribution >= 4 is 41.2 Å². The van der Waals surface area contributed by atoms with Gasteiger partial charge in [0.15, 0.2) is 0 Å². The average Bonchev–Trinajstić information content (AvgIpc) is 3.34. The summed E-state index contributed by atoms with van der Waals surface area (Å²) in [5.41, 5.74) is 0. The van der Waals surface area contributed by atoms with Gasteiger partial charge in [0.25, 0.3) is 6.43 Å². The first-order valence-corrected chi connectivity index (χ1v) is 10.8. The van der Waals surface area contributed by atoms with Gasteiger partial charge in [0.2, 0.25) is 11.0 Å². The number of unbranched alkanes of at least 4 members (excludes halogenated alkanes) is 1. The van der Waals surface area contributed by atoms with E-state index in [-0.39, 0.29) is 6.61 Å². The van der Waals surface area contributed by atoms with E-state index in [1.54, 1.807) is 30.3 Å². The molecule has 0 aliphatic carbocycles. The van der Waals surface area contributed by atoms with Crippen molar-refractivity contribution in [3.05, 3.63) is 57.7 Å². The van der Waals surface area contributed by atoms with Crippen molar-refractivity contribution in [3.63, 3.8) is 0 Å². The summed E-state index contributed by atoms with van der Waals surface area (Å²) in [4.78, 5) is 0. The zero-order chi connectivity index (χ0) is 21.5. The maximum absolute atomic E-state index is 13.2. The van der Waals surface area contributed by atoms with Crippen LogP contribution in [0.4, 0.5) is 8.78 Å². The molecule has 0 fully saturated rings. The lowest BCUT2D eigenvalue weighted by Gasteiger charge is -2.05. The lowest BCUT2D eigenvalue weighted by Crippen LogP contribution is -2.01. The Balaban J connectivity index is 1.67. The number of nitrogens with zero attached hydrogens (tertiary/aromatic N) is 4. The van der Waals surface area contributed by atoms with Crippen molar-refractivity contribution in [1.82, 2.24) is 14.9 Å². The van der Waals surface area contributed by atoms with Crippen molar-refractivity contribution in [3.8, 4) is 5.75 Å². The first-order valence-electron chi connectivity index (χ1n) is 9.05. The largest absolute Gasteiger partial charge is 0.486 e. The fourth-order valence-electron chi connectivity index (χ4n) is 2.30. The highest BCUT2D eigenvalue weighted by atomic mass is 35.5. The number of halogens is 4. The molecule has 3 aromatic rings. The number of hydrogen-bond donors (Lipinski definition) is 0. The van der Waals surface area contributed by atoms with Crippen LogP contribution in [0.1, 0.15) is 43.5 Å². The quantitative estimate of drug-likeness (QED) is 0.191. The Labute approximate surface area is 186 Å². The summed E-state index contributed by atoms with van der Waals surface area (Å²) in [5.74, 6) is 1.67. The van der Waals surface area contributed by atoms with Crippen LogP contribution in [0.25, 0.3) is 0 Å². The van der Waals surface area contributed by atoms with E-state index in [4.69, 9.17) is 32.4 Å². The SMILES string of the molecule is CCCCSc1nnc(C(F)F)n1/N=C\c1ccc(COc2ccc(Cl)c(Cl)c2)o1. The first-order chi connectivity index (χ1) is 14.5. The van der Waals surface area contributed by atoms with Crippen LogP contribution in [-0.2, 0) is 6.61 Å². The van der Waals surface area contributed by atoms with Gasteiger partial charge in [-0.2, -0.15) is 9.78 Å². The summed E-state index contributed by atoms with van der Waals surface area (Å²) in [7, 11) is 0. The smallest absolute Gasteiger partial charge is 0.299 e. The van der Waals surface area contributed by atoms with Crippen LogP contribution >= 0.6 is 35.0 Å². The van der Waals surface area contributed by atoms with E-state index in [1.807, 2.05) is 6.92 Å². The first kappa shape index (κ1) is 22.6. The Morgan fingerprint density at radius 2 is 2.07 bits per heavy atom. The molecule has 0 radical (unpaired) electrons.